The van der Waals surface area contributed by atoms with Gasteiger partial charge in [0, 0.05) is 26.3 Å². The Kier molecular flexibility index (Phi) is 5.05. The number of aliphatic hydroxyl groups is 1. The van der Waals surface area contributed by atoms with Gasteiger partial charge in [0.1, 0.15) is 5.82 Å². The van der Waals surface area contributed by atoms with Gasteiger partial charge in [0.2, 0.25) is 5.82 Å². The minimum atomic E-state index is -0.464. The minimum Gasteiger partial charge on any atom is -0.396 e. The number of rotatable bonds is 7. The molecule has 0 radical (unpaired) electrons. The molecule has 7 nitrogen and oxygen atoms in total. The van der Waals surface area contributed by atoms with E-state index in [0.29, 0.717) is 18.8 Å². The molecule has 3 N–H and O–H groups in total. The summed E-state index contributed by atoms with van der Waals surface area (Å²) in [5, 5.41) is 25.7. The van der Waals surface area contributed by atoms with Crippen LogP contribution in [0.5, 0.6) is 0 Å². The van der Waals surface area contributed by atoms with E-state index in [1.807, 2.05) is 13.8 Å². The summed E-state index contributed by atoms with van der Waals surface area (Å²) < 4.78 is 0. The molecular formula is C12H20N4O3. The molecule has 0 spiro atoms. The molecule has 1 aromatic heterocycles. The summed E-state index contributed by atoms with van der Waals surface area (Å²) in [5.74, 6) is 0.802. The number of aromatic nitrogens is 1. The first-order valence-corrected chi connectivity index (χ1v) is 6.07. The van der Waals surface area contributed by atoms with Crippen molar-refractivity contribution in [1.29, 1.82) is 0 Å². The normalized spacial score (nSPS) is 11.2. The molecule has 1 heterocycles. The van der Waals surface area contributed by atoms with Gasteiger partial charge in [-0.15, -0.1) is 0 Å². The molecule has 0 amide bonds. The molecule has 0 saturated carbocycles. The third kappa shape index (κ3) is 4.36. The van der Waals surface area contributed by atoms with Gasteiger partial charge in [-0.3, -0.25) is 10.1 Å². The van der Waals surface area contributed by atoms with Crippen molar-refractivity contribution >= 4 is 17.3 Å². The van der Waals surface area contributed by atoms with E-state index >= 15 is 0 Å². The summed E-state index contributed by atoms with van der Waals surface area (Å²) >= 11 is 0. The average molecular weight is 268 g/mol. The van der Waals surface area contributed by atoms with Crippen LogP contribution in [0.3, 0.4) is 0 Å². The van der Waals surface area contributed by atoms with E-state index in [2.05, 4.69) is 15.6 Å². The van der Waals surface area contributed by atoms with Crippen LogP contribution in [0.1, 0.15) is 20.3 Å². The fraction of sp³-hybridized carbons (Fsp3) is 0.583. The maximum Gasteiger partial charge on any atom is 0.311 e. The lowest BCUT2D eigenvalue weighted by atomic mass is 9.90. The molecule has 7 heteroatoms. The lowest BCUT2D eigenvalue weighted by molar-refractivity contribution is -0.384. The van der Waals surface area contributed by atoms with Crippen LogP contribution in [0.2, 0.25) is 0 Å². The highest BCUT2D eigenvalue weighted by Gasteiger charge is 2.21. The van der Waals surface area contributed by atoms with Gasteiger partial charge in [0.25, 0.3) is 0 Å². The Morgan fingerprint density at radius 2 is 2.16 bits per heavy atom. The lowest BCUT2D eigenvalue weighted by Crippen LogP contribution is -2.25. The Morgan fingerprint density at radius 1 is 1.47 bits per heavy atom. The second-order valence-corrected chi connectivity index (χ2v) is 5.06. The quantitative estimate of drug-likeness (QED) is 0.515. The van der Waals surface area contributed by atoms with Gasteiger partial charge in [0.05, 0.1) is 4.92 Å². The van der Waals surface area contributed by atoms with E-state index < -0.39 is 4.92 Å². The Balaban J connectivity index is 2.89. The van der Waals surface area contributed by atoms with Gasteiger partial charge < -0.3 is 15.7 Å². The van der Waals surface area contributed by atoms with Gasteiger partial charge in [-0.1, -0.05) is 13.8 Å². The number of nitrogens with one attached hydrogen (secondary N) is 2. The Bertz CT molecular complexity index is 449. The number of nitro groups is 1. The fourth-order valence-electron chi connectivity index (χ4n) is 1.58. The molecule has 106 valence electrons. The van der Waals surface area contributed by atoms with Crippen molar-refractivity contribution in [3.63, 3.8) is 0 Å². The molecule has 0 saturated heterocycles. The van der Waals surface area contributed by atoms with Crippen LogP contribution in [-0.2, 0) is 0 Å². The molecular weight excluding hydrogens is 248 g/mol. The van der Waals surface area contributed by atoms with E-state index in [1.54, 1.807) is 13.1 Å². The molecule has 0 unspecified atom stereocenters. The van der Waals surface area contributed by atoms with E-state index in [1.165, 1.54) is 6.07 Å². The van der Waals surface area contributed by atoms with Crippen LogP contribution in [0.15, 0.2) is 12.1 Å². The van der Waals surface area contributed by atoms with Crippen LogP contribution in [-0.4, -0.2) is 35.2 Å². The molecule has 1 aromatic rings. The topological polar surface area (TPSA) is 100 Å². The minimum absolute atomic E-state index is 0.0567. The second-order valence-electron chi connectivity index (χ2n) is 5.06. The predicted molar refractivity (Wildman–Crippen MR) is 74.4 cm³/mol. The molecule has 1 rings (SSSR count). The predicted octanol–water partition coefficient (Wildman–Crippen LogP) is 1.85. The summed E-state index contributed by atoms with van der Waals surface area (Å²) in [7, 11) is 1.70. The van der Waals surface area contributed by atoms with Gasteiger partial charge >= 0.3 is 5.69 Å². The van der Waals surface area contributed by atoms with Crippen molar-refractivity contribution in [1.82, 2.24) is 4.98 Å². The van der Waals surface area contributed by atoms with Crippen molar-refractivity contribution in [2.75, 3.05) is 30.8 Å². The van der Waals surface area contributed by atoms with E-state index in [4.69, 9.17) is 5.11 Å². The average Bonchev–Trinajstić information content (AvgIpc) is 2.35. The Morgan fingerprint density at radius 3 is 2.68 bits per heavy atom. The molecule has 0 bridgehead atoms. The highest BCUT2D eigenvalue weighted by Crippen LogP contribution is 2.26. The van der Waals surface area contributed by atoms with E-state index in [9.17, 15) is 10.1 Å². The first-order chi connectivity index (χ1) is 8.89. The molecule has 0 aliphatic heterocycles. The second kappa shape index (κ2) is 6.33. The lowest BCUT2D eigenvalue weighted by Gasteiger charge is -2.24. The monoisotopic (exact) mass is 268 g/mol. The van der Waals surface area contributed by atoms with Crippen LogP contribution >= 0.6 is 0 Å². The number of aliphatic hydroxyl groups excluding tert-OH is 1. The van der Waals surface area contributed by atoms with Gasteiger partial charge in [-0.05, 0) is 17.9 Å². The SMILES string of the molecule is CNc1ccc([N+](=O)[O-])c(NCC(C)(C)CCO)n1. The number of hydrogen-bond acceptors (Lipinski definition) is 6. The summed E-state index contributed by atoms with van der Waals surface area (Å²) in [6.07, 6.45) is 0.611. The zero-order chi connectivity index (χ0) is 14.5. The molecule has 19 heavy (non-hydrogen) atoms. The summed E-state index contributed by atoms with van der Waals surface area (Å²) in [4.78, 5) is 14.6. The number of anilines is 2. The molecule has 0 aliphatic rings. The fourth-order valence-corrected chi connectivity index (χ4v) is 1.58. The standard InChI is InChI=1S/C12H20N4O3/c1-12(2,6-7-17)8-14-11-9(16(18)19)4-5-10(13-3)15-11/h4-5,17H,6-8H2,1-3H3,(H2,13,14,15). The van der Waals surface area contributed by atoms with Crippen LogP contribution in [0, 0.1) is 15.5 Å². The zero-order valence-corrected chi connectivity index (χ0v) is 11.4. The van der Waals surface area contributed by atoms with Crippen LogP contribution < -0.4 is 10.6 Å². The highest BCUT2D eigenvalue weighted by atomic mass is 16.6. The number of nitrogens with zero attached hydrogens (tertiary/aromatic N) is 2. The maximum atomic E-state index is 10.9. The number of hydrogen-bond donors (Lipinski definition) is 3. The summed E-state index contributed by atoms with van der Waals surface area (Å²) in [6.45, 7) is 4.53. The van der Waals surface area contributed by atoms with Crippen LogP contribution in [0.25, 0.3) is 0 Å². The number of pyridine rings is 1. The van der Waals surface area contributed by atoms with Gasteiger partial charge in [-0.2, -0.15) is 0 Å². The Labute approximate surface area is 112 Å². The molecule has 0 atom stereocenters. The van der Waals surface area contributed by atoms with Crippen LogP contribution in [0.4, 0.5) is 17.3 Å². The van der Waals surface area contributed by atoms with E-state index in [-0.39, 0.29) is 23.5 Å². The van der Waals surface area contributed by atoms with Crippen molar-refractivity contribution < 1.29 is 10.0 Å². The van der Waals surface area contributed by atoms with Crippen molar-refractivity contribution in [3.8, 4) is 0 Å². The summed E-state index contributed by atoms with van der Waals surface area (Å²) in [5.41, 5.74) is -0.223. The zero-order valence-electron chi connectivity index (χ0n) is 11.4. The van der Waals surface area contributed by atoms with Gasteiger partial charge in [-0.25, -0.2) is 4.98 Å². The van der Waals surface area contributed by atoms with Crippen molar-refractivity contribution in [2.24, 2.45) is 5.41 Å². The van der Waals surface area contributed by atoms with Crippen molar-refractivity contribution in [2.45, 2.75) is 20.3 Å². The molecule has 0 aromatic carbocycles. The third-order valence-electron chi connectivity index (χ3n) is 2.85. The summed E-state index contributed by atoms with van der Waals surface area (Å²) in [6, 6.07) is 2.97. The van der Waals surface area contributed by atoms with Gasteiger partial charge in [0.15, 0.2) is 0 Å². The first kappa shape index (κ1) is 15.2. The molecule has 0 fully saturated rings. The van der Waals surface area contributed by atoms with E-state index in [0.717, 1.165) is 0 Å². The third-order valence-corrected chi connectivity index (χ3v) is 2.85. The Hall–Kier alpha value is -1.89. The smallest absolute Gasteiger partial charge is 0.311 e. The largest absolute Gasteiger partial charge is 0.396 e. The van der Waals surface area contributed by atoms with Crippen molar-refractivity contribution in [3.05, 3.63) is 22.2 Å². The first-order valence-electron chi connectivity index (χ1n) is 6.07. The highest BCUT2D eigenvalue weighted by molar-refractivity contribution is 5.60. The maximum absolute atomic E-state index is 10.9. The molecule has 0 aliphatic carbocycles.